The molecule has 0 heterocycles. The molecular formula is C25H40N2O2. The van der Waals surface area contributed by atoms with E-state index in [1.54, 1.807) is 0 Å². The molecule has 1 aromatic rings. The van der Waals surface area contributed by atoms with E-state index in [0.29, 0.717) is 12.1 Å². The van der Waals surface area contributed by atoms with Crippen LogP contribution in [0.2, 0.25) is 0 Å². The Labute approximate surface area is 177 Å². The van der Waals surface area contributed by atoms with E-state index in [9.17, 15) is 4.79 Å². The van der Waals surface area contributed by atoms with Gasteiger partial charge in [-0.05, 0) is 71.2 Å². The highest BCUT2D eigenvalue weighted by atomic mass is 16.5. The number of amides is 1. The lowest BCUT2D eigenvalue weighted by Gasteiger charge is -2.34. The van der Waals surface area contributed by atoms with Gasteiger partial charge in [-0.1, -0.05) is 36.6 Å². The van der Waals surface area contributed by atoms with Crippen LogP contribution >= 0.6 is 0 Å². The molecule has 0 aromatic heterocycles. The molecule has 1 aromatic carbocycles. The minimum absolute atomic E-state index is 0.136. The van der Waals surface area contributed by atoms with Crippen molar-refractivity contribution < 1.29 is 9.53 Å². The van der Waals surface area contributed by atoms with E-state index < -0.39 is 0 Å². The Morgan fingerprint density at radius 2 is 1.86 bits per heavy atom. The number of carbonyl (C=O) groups is 1. The standard InChI is InChI=1S/C25H40N2O2/c1-5-17-26(3)18-8-6-7-9-19-29-24-15-13-23(14-16-24)27(4)25(28)22-12-10-11-21(2)20-22/h5,10-12,20,23-24H,1,6-9,13-19H2,2-4H3/t23-,24-. The molecule has 1 aliphatic carbocycles. The SMILES string of the molecule is C=CCN(C)CCCCCCO[C@H]1CC[C@H](N(C)C(=O)c2cccc(C)c2)CC1. The van der Waals surface area contributed by atoms with Gasteiger partial charge in [-0.25, -0.2) is 0 Å². The predicted molar refractivity (Wildman–Crippen MR) is 121 cm³/mol. The number of nitrogens with zero attached hydrogens (tertiary/aromatic N) is 2. The third kappa shape index (κ3) is 8.31. The summed E-state index contributed by atoms with van der Waals surface area (Å²) in [5.41, 5.74) is 1.92. The van der Waals surface area contributed by atoms with Gasteiger partial charge in [0.05, 0.1) is 6.10 Å². The zero-order valence-electron chi connectivity index (χ0n) is 18.7. The molecule has 0 aliphatic heterocycles. The van der Waals surface area contributed by atoms with Crippen LogP contribution in [0.15, 0.2) is 36.9 Å². The van der Waals surface area contributed by atoms with Gasteiger partial charge in [0, 0.05) is 31.8 Å². The molecule has 1 amide bonds. The van der Waals surface area contributed by atoms with Crippen LogP contribution in [0.25, 0.3) is 0 Å². The summed E-state index contributed by atoms with van der Waals surface area (Å²) in [6.07, 6.45) is 11.4. The van der Waals surface area contributed by atoms with Crippen molar-refractivity contribution in [2.75, 3.05) is 33.8 Å². The van der Waals surface area contributed by atoms with Gasteiger partial charge < -0.3 is 14.5 Å². The number of hydrogen-bond donors (Lipinski definition) is 0. The average molecular weight is 401 g/mol. The number of unbranched alkanes of at least 4 members (excludes halogenated alkanes) is 3. The first-order valence-corrected chi connectivity index (χ1v) is 11.3. The first-order chi connectivity index (χ1) is 14.0. The van der Waals surface area contributed by atoms with E-state index in [0.717, 1.165) is 62.9 Å². The number of ether oxygens (including phenoxy) is 1. The molecule has 1 fully saturated rings. The van der Waals surface area contributed by atoms with Crippen LogP contribution in [-0.4, -0.2) is 61.6 Å². The van der Waals surface area contributed by atoms with Crippen molar-refractivity contribution in [2.45, 2.75) is 70.4 Å². The van der Waals surface area contributed by atoms with Crippen molar-refractivity contribution >= 4 is 5.91 Å². The second-order valence-corrected chi connectivity index (χ2v) is 8.55. The molecule has 1 saturated carbocycles. The molecule has 0 radical (unpaired) electrons. The number of hydrogen-bond acceptors (Lipinski definition) is 3. The molecule has 162 valence electrons. The molecule has 0 spiro atoms. The number of carbonyl (C=O) groups excluding carboxylic acids is 1. The Kier molecular flexibility index (Phi) is 10.4. The minimum Gasteiger partial charge on any atom is -0.378 e. The van der Waals surface area contributed by atoms with E-state index in [1.165, 1.54) is 19.3 Å². The third-order valence-corrected chi connectivity index (χ3v) is 6.01. The highest BCUT2D eigenvalue weighted by Crippen LogP contribution is 2.26. The van der Waals surface area contributed by atoms with Gasteiger partial charge in [0.2, 0.25) is 0 Å². The first kappa shape index (κ1) is 23.6. The van der Waals surface area contributed by atoms with Crippen LogP contribution in [0.5, 0.6) is 0 Å². The van der Waals surface area contributed by atoms with Crippen molar-refractivity contribution in [1.29, 1.82) is 0 Å². The third-order valence-electron chi connectivity index (χ3n) is 6.01. The Morgan fingerprint density at radius 3 is 2.55 bits per heavy atom. The average Bonchev–Trinajstić information content (AvgIpc) is 2.72. The second-order valence-electron chi connectivity index (χ2n) is 8.55. The van der Waals surface area contributed by atoms with Crippen LogP contribution in [0.1, 0.15) is 67.3 Å². The van der Waals surface area contributed by atoms with E-state index in [2.05, 4.69) is 18.5 Å². The lowest BCUT2D eigenvalue weighted by atomic mass is 9.91. The summed E-state index contributed by atoms with van der Waals surface area (Å²) >= 11 is 0. The maximum atomic E-state index is 12.7. The smallest absolute Gasteiger partial charge is 0.253 e. The fourth-order valence-electron chi connectivity index (χ4n) is 4.15. The summed E-state index contributed by atoms with van der Waals surface area (Å²) in [6, 6.07) is 8.21. The fourth-order valence-corrected chi connectivity index (χ4v) is 4.15. The van der Waals surface area contributed by atoms with Crippen molar-refractivity contribution in [3.63, 3.8) is 0 Å². The van der Waals surface area contributed by atoms with E-state index >= 15 is 0 Å². The van der Waals surface area contributed by atoms with Gasteiger partial charge in [0.1, 0.15) is 0 Å². The van der Waals surface area contributed by atoms with E-state index in [4.69, 9.17) is 4.74 Å². The zero-order chi connectivity index (χ0) is 21.1. The van der Waals surface area contributed by atoms with E-state index in [-0.39, 0.29) is 5.91 Å². The summed E-state index contributed by atoms with van der Waals surface area (Å²) in [6.45, 7) is 8.79. The maximum Gasteiger partial charge on any atom is 0.253 e. The molecule has 29 heavy (non-hydrogen) atoms. The molecular weight excluding hydrogens is 360 g/mol. The lowest BCUT2D eigenvalue weighted by molar-refractivity contribution is 0.00908. The number of benzene rings is 1. The van der Waals surface area contributed by atoms with E-state index in [1.807, 2.05) is 49.2 Å². The molecule has 0 N–H and O–H groups in total. The fraction of sp³-hybridized carbons (Fsp3) is 0.640. The predicted octanol–water partition coefficient (Wildman–Crippen LogP) is 5.07. The normalized spacial score (nSPS) is 19.3. The lowest BCUT2D eigenvalue weighted by Crippen LogP contribution is -2.40. The molecule has 0 unspecified atom stereocenters. The molecule has 2 rings (SSSR count). The highest BCUT2D eigenvalue weighted by Gasteiger charge is 2.27. The monoisotopic (exact) mass is 400 g/mol. The van der Waals surface area contributed by atoms with Crippen LogP contribution in [0.4, 0.5) is 0 Å². The van der Waals surface area contributed by atoms with Crippen molar-refractivity contribution in [3.05, 3.63) is 48.0 Å². The number of rotatable bonds is 12. The Morgan fingerprint density at radius 1 is 1.14 bits per heavy atom. The molecule has 0 atom stereocenters. The summed E-state index contributed by atoms with van der Waals surface area (Å²) in [7, 11) is 4.09. The molecule has 0 bridgehead atoms. The van der Waals surface area contributed by atoms with Crippen LogP contribution < -0.4 is 0 Å². The Bertz CT molecular complexity index is 623. The molecule has 4 heteroatoms. The summed E-state index contributed by atoms with van der Waals surface area (Å²) in [5, 5.41) is 0. The number of likely N-dealkylation sites (N-methyl/N-ethyl adjacent to an activating group) is 1. The molecule has 1 aliphatic rings. The van der Waals surface area contributed by atoms with Gasteiger partial charge in [-0.15, -0.1) is 6.58 Å². The van der Waals surface area contributed by atoms with Gasteiger partial charge in [-0.3, -0.25) is 4.79 Å². The van der Waals surface area contributed by atoms with Gasteiger partial charge in [-0.2, -0.15) is 0 Å². The Hall–Kier alpha value is -1.65. The van der Waals surface area contributed by atoms with Gasteiger partial charge in [0.15, 0.2) is 0 Å². The van der Waals surface area contributed by atoms with Gasteiger partial charge in [0.25, 0.3) is 5.91 Å². The zero-order valence-corrected chi connectivity index (χ0v) is 18.7. The molecule has 4 nitrogen and oxygen atoms in total. The van der Waals surface area contributed by atoms with Crippen molar-refractivity contribution in [1.82, 2.24) is 9.80 Å². The quantitative estimate of drug-likeness (QED) is 0.363. The summed E-state index contributed by atoms with van der Waals surface area (Å²) < 4.78 is 6.11. The van der Waals surface area contributed by atoms with Crippen LogP contribution in [-0.2, 0) is 4.74 Å². The summed E-state index contributed by atoms with van der Waals surface area (Å²) in [5.74, 6) is 0.136. The van der Waals surface area contributed by atoms with Crippen LogP contribution in [0.3, 0.4) is 0 Å². The first-order valence-electron chi connectivity index (χ1n) is 11.3. The second kappa shape index (κ2) is 12.8. The summed E-state index contributed by atoms with van der Waals surface area (Å²) in [4.78, 5) is 17.0. The maximum absolute atomic E-state index is 12.7. The van der Waals surface area contributed by atoms with Crippen LogP contribution in [0, 0.1) is 6.92 Å². The van der Waals surface area contributed by atoms with Crippen molar-refractivity contribution in [2.24, 2.45) is 0 Å². The largest absolute Gasteiger partial charge is 0.378 e. The topological polar surface area (TPSA) is 32.8 Å². The van der Waals surface area contributed by atoms with Crippen molar-refractivity contribution in [3.8, 4) is 0 Å². The van der Waals surface area contributed by atoms with Gasteiger partial charge >= 0.3 is 0 Å². The highest BCUT2D eigenvalue weighted by molar-refractivity contribution is 5.94. The minimum atomic E-state index is 0.136. The Balaban J connectivity index is 1.58. The molecule has 0 saturated heterocycles. The number of aryl methyl sites for hydroxylation is 1.